The first-order valence-corrected chi connectivity index (χ1v) is 10.4. The number of benzene rings is 2. The Labute approximate surface area is 172 Å². The van der Waals surface area contributed by atoms with Crippen LogP contribution in [0.1, 0.15) is 47.4 Å². The molecule has 3 aromatic rings. The molecule has 1 fully saturated rings. The van der Waals surface area contributed by atoms with Crippen molar-refractivity contribution in [3.05, 3.63) is 95.4 Å². The summed E-state index contributed by atoms with van der Waals surface area (Å²) < 4.78 is 5.93. The lowest BCUT2D eigenvalue weighted by atomic mass is 9.90. The van der Waals surface area contributed by atoms with Crippen LogP contribution in [0.4, 0.5) is 0 Å². The van der Waals surface area contributed by atoms with Gasteiger partial charge in [0.25, 0.3) is 0 Å². The maximum absolute atomic E-state index is 13.3. The van der Waals surface area contributed by atoms with Gasteiger partial charge >= 0.3 is 0 Å². The molecular formula is C25H28N2O2. The highest BCUT2D eigenvalue weighted by Crippen LogP contribution is 2.28. The smallest absolute Gasteiger partial charge is 0.232 e. The molecule has 2 heterocycles. The van der Waals surface area contributed by atoms with Crippen LogP contribution in [0.15, 0.2) is 77.2 Å². The van der Waals surface area contributed by atoms with Crippen LogP contribution in [0.5, 0.6) is 0 Å². The van der Waals surface area contributed by atoms with Gasteiger partial charge in [-0.25, -0.2) is 0 Å². The standard InChI is InChI=1S/C25H28N2O2/c1-19-14-15-23(29-19)22(27-16-8-9-17-27)18-26-25(28)24(20-10-4-2-5-11-20)21-12-6-3-7-13-21/h2-7,10-15,22,24H,8-9,16-18H2,1H3,(H,26,28)/t22-/m1/s1. The van der Waals surface area contributed by atoms with E-state index in [-0.39, 0.29) is 17.9 Å². The Hall–Kier alpha value is -2.85. The Bertz CT molecular complexity index is 875. The Morgan fingerprint density at radius 3 is 2.03 bits per heavy atom. The van der Waals surface area contributed by atoms with Gasteiger partial charge in [-0.15, -0.1) is 0 Å². The molecule has 4 rings (SSSR count). The van der Waals surface area contributed by atoms with Crippen molar-refractivity contribution in [2.24, 2.45) is 0 Å². The molecule has 1 saturated heterocycles. The molecule has 1 atom stereocenters. The second kappa shape index (κ2) is 9.10. The fourth-order valence-corrected chi connectivity index (χ4v) is 4.18. The second-order valence-electron chi connectivity index (χ2n) is 7.71. The van der Waals surface area contributed by atoms with Gasteiger partial charge in [0, 0.05) is 6.54 Å². The van der Waals surface area contributed by atoms with Gasteiger partial charge in [0.1, 0.15) is 11.5 Å². The van der Waals surface area contributed by atoms with Crippen LogP contribution in [0.3, 0.4) is 0 Å². The van der Waals surface area contributed by atoms with Crippen LogP contribution < -0.4 is 5.32 Å². The van der Waals surface area contributed by atoms with Crippen LogP contribution in [0, 0.1) is 6.92 Å². The number of hydrogen-bond acceptors (Lipinski definition) is 3. The van der Waals surface area contributed by atoms with E-state index in [1.54, 1.807) is 0 Å². The summed E-state index contributed by atoms with van der Waals surface area (Å²) in [6.07, 6.45) is 2.39. The summed E-state index contributed by atoms with van der Waals surface area (Å²) in [4.78, 5) is 15.8. The highest BCUT2D eigenvalue weighted by molar-refractivity contribution is 5.87. The predicted octanol–water partition coefficient (Wildman–Crippen LogP) is 4.67. The summed E-state index contributed by atoms with van der Waals surface area (Å²) in [5.74, 6) is 1.53. The van der Waals surface area contributed by atoms with E-state index < -0.39 is 0 Å². The highest BCUT2D eigenvalue weighted by atomic mass is 16.3. The Morgan fingerprint density at radius 2 is 1.52 bits per heavy atom. The lowest BCUT2D eigenvalue weighted by Gasteiger charge is -2.27. The van der Waals surface area contributed by atoms with E-state index in [0.717, 1.165) is 35.7 Å². The summed E-state index contributed by atoms with van der Waals surface area (Å²) in [6, 6.07) is 24.1. The maximum atomic E-state index is 13.3. The number of likely N-dealkylation sites (tertiary alicyclic amines) is 1. The summed E-state index contributed by atoms with van der Waals surface area (Å²) in [5, 5.41) is 3.22. The largest absolute Gasteiger partial charge is 0.465 e. The van der Waals surface area contributed by atoms with Gasteiger partial charge in [-0.2, -0.15) is 0 Å². The van der Waals surface area contributed by atoms with Gasteiger partial charge in [0.05, 0.1) is 12.0 Å². The molecule has 2 aromatic carbocycles. The average molecular weight is 389 g/mol. The van der Waals surface area contributed by atoms with E-state index in [0.29, 0.717) is 6.54 Å². The first kappa shape index (κ1) is 19.5. The fourth-order valence-electron chi connectivity index (χ4n) is 4.18. The number of nitrogens with one attached hydrogen (secondary N) is 1. The molecule has 1 N–H and O–H groups in total. The number of carbonyl (C=O) groups is 1. The van der Waals surface area contributed by atoms with Gasteiger partial charge in [-0.05, 0) is 56.1 Å². The van der Waals surface area contributed by atoms with Gasteiger partial charge < -0.3 is 9.73 Å². The lowest BCUT2D eigenvalue weighted by Crippen LogP contribution is -2.38. The lowest BCUT2D eigenvalue weighted by molar-refractivity contribution is -0.122. The van der Waals surface area contributed by atoms with Crippen molar-refractivity contribution < 1.29 is 9.21 Å². The van der Waals surface area contributed by atoms with Crippen molar-refractivity contribution in [3.63, 3.8) is 0 Å². The zero-order valence-electron chi connectivity index (χ0n) is 16.9. The number of rotatable bonds is 7. The zero-order valence-corrected chi connectivity index (χ0v) is 16.9. The van der Waals surface area contributed by atoms with Crippen molar-refractivity contribution in [1.82, 2.24) is 10.2 Å². The number of aryl methyl sites for hydroxylation is 1. The highest BCUT2D eigenvalue weighted by Gasteiger charge is 2.28. The summed E-state index contributed by atoms with van der Waals surface area (Å²) >= 11 is 0. The molecule has 4 heteroatoms. The van der Waals surface area contributed by atoms with E-state index in [1.165, 1.54) is 12.8 Å². The molecule has 1 aliphatic heterocycles. The first-order chi connectivity index (χ1) is 14.2. The fraction of sp³-hybridized carbons (Fsp3) is 0.320. The quantitative estimate of drug-likeness (QED) is 0.640. The van der Waals surface area contributed by atoms with E-state index >= 15 is 0 Å². The molecule has 1 aromatic heterocycles. The molecule has 0 radical (unpaired) electrons. The number of carbonyl (C=O) groups excluding carboxylic acids is 1. The number of amides is 1. The van der Waals surface area contributed by atoms with Gasteiger partial charge in [0.2, 0.25) is 5.91 Å². The molecule has 0 spiro atoms. The molecule has 0 saturated carbocycles. The zero-order chi connectivity index (χ0) is 20.1. The Morgan fingerprint density at radius 1 is 0.931 bits per heavy atom. The van der Waals surface area contributed by atoms with E-state index in [1.807, 2.05) is 79.7 Å². The normalized spacial score (nSPS) is 15.5. The molecular weight excluding hydrogens is 360 g/mol. The van der Waals surface area contributed by atoms with E-state index in [2.05, 4.69) is 10.2 Å². The van der Waals surface area contributed by atoms with Crippen molar-refractivity contribution in [3.8, 4) is 0 Å². The van der Waals surface area contributed by atoms with Gasteiger partial charge in [0.15, 0.2) is 0 Å². The van der Waals surface area contributed by atoms with Crippen LogP contribution in [-0.2, 0) is 4.79 Å². The minimum atomic E-state index is -0.324. The molecule has 1 amide bonds. The Balaban J connectivity index is 1.55. The van der Waals surface area contributed by atoms with Gasteiger partial charge in [-0.3, -0.25) is 9.69 Å². The minimum absolute atomic E-state index is 0.0230. The molecule has 1 aliphatic rings. The molecule has 0 aliphatic carbocycles. The summed E-state index contributed by atoms with van der Waals surface area (Å²) in [7, 11) is 0. The maximum Gasteiger partial charge on any atom is 0.232 e. The molecule has 0 unspecified atom stereocenters. The third-order valence-corrected chi connectivity index (χ3v) is 5.67. The van der Waals surface area contributed by atoms with Gasteiger partial charge in [-0.1, -0.05) is 60.7 Å². The summed E-state index contributed by atoms with van der Waals surface area (Å²) in [5.41, 5.74) is 2.01. The minimum Gasteiger partial charge on any atom is -0.465 e. The third-order valence-electron chi connectivity index (χ3n) is 5.67. The number of furan rings is 1. The molecule has 150 valence electrons. The topological polar surface area (TPSA) is 45.5 Å². The van der Waals surface area contributed by atoms with Crippen LogP contribution in [0.25, 0.3) is 0 Å². The molecule has 0 bridgehead atoms. The average Bonchev–Trinajstić information content (AvgIpc) is 3.43. The number of hydrogen-bond donors (Lipinski definition) is 1. The number of nitrogens with zero attached hydrogens (tertiary/aromatic N) is 1. The summed E-state index contributed by atoms with van der Waals surface area (Å²) in [6.45, 7) is 4.59. The van der Waals surface area contributed by atoms with Crippen molar-refractivity contribution in [1.29, 1.82) is 0 Å². The predicted molar refractivity (Wildman–Crippen MR) is 115 cm³/mol. The van der Waals surface area contributed by atoms with E-state index in [4.69, 9.17) is 4.42 Å². The van der Waals surface area contributed by atoms with Crippen molar-refractivity contribution >= 4 is 5.91 Å². The van der Waals surface area contributed by atoms with Crippen LogP contribution >= 0.6 is 0 Å². The second-order valence-corrected chi connectivity index (χ2v) is 7.71. The van der Waals surface area contributed by atoms with Crippen LogP contribution in [0.2, 0.25) is 0 Å². The van der Waals surface area contributed by atoms with E-state index in [9.17, 15) is 4.79 Å². The van der Waals surface area contributed by atoms with Crippen molar-refractivity contribution in [2.45, 2.75) is 31.7 Å². The SMILES string of the molecule is Cc1ccc([C@@H](CNC(=O)C(c2ccccc2)c2ccccc2)N2CCCC2)o1. The Kier molecular flexibility index (Phi) is 6.11. The van der Waals surface area contributed by atoms with Crippen molar-refractivity contribution in [2.75, 3.05) is 19.6 Å². The van der Waals surface area contributed by atoms with Crippen LogP contribution in [-0.4, -0.2) is 30.4 Å². The molecule has 29 heavy (non-hydrogen) atoms. The third kappa shape index (κ3) is 4.60. The molecule has 4 nitrogen and oxygen atoms in total. The first-order valence-electron chi connectivity index (χ1n) is 10.4. The monoisotopic (exact) mass is 388 g/mol.